The summed E-state index contributed by atoms with van der Waals surface area (Å²) >= 11 is 0. The highest BCUT2D eigenvalue weighted by atomic mass is 16.7. The lowest BCUT2D eigenvalue weighted by Gasteiger charge is -2.09. The van der Waals surface area contributed by atoms with Crippen LogP contribution in [0.1, 0.15) is 30.9 Å². The van der Waals surface area contributed by atoms with Crippen LogP contribution in [-0.2, 0) is 16.0 Å². The fourth-order valence-corrected chi connectivity index (χ4v) is 2.66. The first kappa shape index (κ1) is 17.0. The Morgan fingerprint density at radius 2 is 2.15 bits per heavy atom. The first-order valence-corrected chi connectivity index (χ1v) is 8.51. The molecule has 1 aromatic carbocycles. The minimum absolute atomic E-state index is 0.226. The third-order valence-corrected chi connectivity index (χ3v) is 4.07. The molecule has 1 unspecified atom stereocenters. The SMILES string of the molecule is CC(OC(=O)CCc1ccc2c(c1)OCO2)c1nc(-c2cccnc2)no1. The first-order valence-electron chi connectivity index (χ1n) is 8.51. The maximum absolute atomic E-state index is 12.1. The molecular weight excluding hydrogens is 350 g/mol. The number of ether oxygens (including phenoxy) is 3. The molecule has 0 radical (unpaired) electrons. The van der Waals surface area contributed by atoms with Crippen LogP contribution in [0.25, 0.3) is 11.4 Å². The highest BCUT2D eigenvalue weighted by Crippen LogP contribution is 2.32. The zero-order valence-corrected chi connectivity index (χ0v) is 14.6. The summed E-state index contributed by atoms with van der Waals surface area (Å²) < 4.78 is 21.2. The van der Waals surface area contributed by atoms with Gasteiger partial charge in [-0.1, -0.05) is 11.2 Å². The molecule has 0 fully saturated rings. The van der Waals surface area contributed by atoms with Crippen molar-refractivity contribution in [1.82, 2.24) is 15.1 Å². The number of fused-ring (bicyclic) bond motifs is 1. The summed E-state index contributed by atoms with van der Waals surface area (Å²) in [5, 5.41) is 3.90. The third kappa shape index (κ3) is 3.89. The quantitative estimate of drug-likeness (QED) is 0.613. The van der Waals surface area contributed by atoms with Gasteiger partial charge in [-0.3, -0.25) is 9.78 Å². The number of esters is 1. The molecule has 0 aliphatic carbocycles. The van der Waals surface area contributed by atoms with Gasteiger partial charge in [0.25, 0.3) is 5.89 Å². The minimum atomic E-state index is -0.632. The number of hydrogen-bond donors (Lipinski definition) is 0. The second-order valence-electron chi connectivity index (χ2n) is 6.02. The van der Waals surface area contributed by atoms with Crippen molar-refractivity contribution in [3.8, 4) is 22.9 Å². The highest BCUT2D eigenvalue weighted by molar-refractivity contribution is 5.70. The van der Waals surface area contributed by atoms with E-state index in [9.17, 15) is 4.79 Å². The maximum Gasteiger partial charge on any atom is 0.306 e. The number of carbonyl (C=O) groups is 1. The van der Waals surface area contributed by atoms with E-state index < -0.39 is 6.10 Å². The van der Waals surface area contributed by atoms with E-state index in [2.05, 4.69) is 15.1 Å². The van der Waals surface area contributed by atoms with Gasteiger partial charge in [0.05, 0.1) is 0 Å². The van der Waals surface area contributed by atoms with Crippen LogP contribution in [0.3, 0.4) is 0 Å². The number of hydrogen-bond acceptors (Lipinski definition) is 8. The highest BCUT2D eigenvalue weighted by Gasteiger charge is 2.20. The van der Waals surface area contributed by atoms with Crippen molar-refractivity contribution in [1.29, 1.82) is 0 Å². The zero-order valence-electron chi connectivity index (χ0n) is 14.6. The number of rotatable bonds is 6. The monoisotopic (exact) mass is 367 g/mol. The average molecular weight is 367 g/mol. The topological polar surface area (TPSA) is 96.6 Å². The average Bonchev–Trinajstić information content (AvgIpc) is 3.36. The second kappa shape index (κ2) is 7.45. The first-order chi connectivity index (χ1) is 13.2. The van der Waals surface area contributed by atoms with E-state index >= 15 is 0 Å². The molecule has 1 aliphatic rings. The molecule has 0 spiro atoms. The van der Waals surface area contributed by atoms with Crippen molar-refractivity contribution in [3.05, 3.63) is 54.2 Å². The molecule has 4 rings (SSSR count). The van der Waals surface area contributed by atoms with Crippen LogP contribution >= 0.6 is 0 Å². The fraction of sp³-hybridized carbons (Fsp3) is 0.263. The Balaban J connectivity index is 1.32. The van der Waals surface area contributed by atoms with E-state index in [1.54, 1.807) is 25.4 Å². The van der Waals surface area contributed by atoms with Crippen LogP contribution in [0.15, 0.2) is 47.2 Å². The van der Waals surface area contributed by atoms with Crippen molar-refractivity contribution < 1.29 is 23.5 Å². The summed E-state index contributed by atoms with van der Waals surface area (Å²) in [6.45, 7) is 1.92. The molecular formula is C19H17N3O5. The summed E-state index contributed by atoms with van der Waals surface area (Å²) in [6.07, 6.45) is 3.43. The van der Waals surface area contributed by atoms with Crippen LogP contribution in [0, 0.1) is 0 Å². The van der Waals surface area contributed by atoms with E-state index in [0.29, 0.717) is 18.0 Å². The van der Waals surface area contributed by atoms with E-state index in [1.165, 1.54) is 0 Å². The zero-order chi connectivity index (χ0) is 18.6. The molecule has 0 saturated carbocycles. The van der Waals surface area contributed by atoms with E-state index in [-0.39, 0.29) is 25.1 Å². The Labute approximate surface area is 155 Å². The lowest BCUT2D eigenvalue weighted by atomic mass is 10.1. The van der Waals surface area contributed by atoms with Crippen LogP contribution in [0.2, 0.25) is 0 Å². The molecule has 138 valence electrons. The Bertz CT molecular complexity index is 942. The summed E-state index contributed by atoms with van der Waals surface area (Å²) in [5.74, 6) is 1.71. The van der Waals surface area contributed by atoms with Gasteiger partial charge in [-0.2, -0.15) is 4.98 Å². The number of aryl methyl sites for hydroxylation is 1. The number of aromatic nitrogens is 3. The number of benzene rings is 1. The van der Waals surface area contributed by atoms with Gasteiger partial charge < -0.3 is 18.7 Å². The molecule has 0 N–H and O–H groups in total. The van der Waals surface area contributed by atoms with Crippen molar-refractivity contribution in [2.75, 3.05) is 6.79 Å². The van der Waals surface area contributed by atoms with Crippen molar-refractivity contribution in [2.24, 2.45) is 0 Å². The Kier molecular flexibility index (Phi) is 4.69. The molecule has 3 heterocycles. The molecule has 0 bridgehead atoms. The van der Waals surface area contributed by atoms with Crippen LogP contribution in [-0.4, -0.2) is 27.9 Å². The summed E-state index contributed by atoms with van der Waals surface area (Å²) in [4.78, 5) is 20.4. The number of carbonyl (C=O) groups excluding carboxylic acids is 1. The predicted octanol–water partition coefficient (Wildman–Crippen LogP) is 3.10. The number of nitrogens with zero attached hydrogens (tertiary/aromatic N) is 3. The Morgan fingerprint density at radius 1 is 1.26 bits per heavy atom. The van der Waals surface area contributed by atoms with Gasteiger partial charge in [0, 0.05) is 24.4 Å². The third-order valence-electron chi connectivity index (χ3n) is 4.07. The molecule has 0 saturated heterocycles. The van der Waals surface area contributed by atoms with Crippen molar-refractivity contribution in [3.63, 3.8) is 0 Å². The molecule has 27 heavy (non-hydrogen) atoms. The van der Waals surface area contributed by atoms with Crippen LogP contribution in [0.5, 0.6) is 11.5 Å². The van der Waals surface area contributed by atoms with E-state index in [0.717, 1.165) is 16.9 Å². The maximum atomic E-state index is 12.1. The molecule has 3 aromatic rings. The predicted molar refractivity (Wildman–Crippen MR) is 92.9 cm³/mol. The van der Waals surface area contributed by atoms with Crippen LogP contribution < -0.4 is 9.47 Å². The Morgan fingerprint density at radius 3 is 3.00 bits per heavy atom. The molecule has 8 nitrogen and oxygen atoms in total. The van der Waals surface area contributed by atoms with Crippen molar-refractivity contribution in [2.45, 2.75) is 25.9 Å². The summed E-state index contributed by atoms with van der Waals surface area (Å²) in [6, 6.07) is 9.22. The molecule has 2 aromatic heterocycles. The smallest absolute Gasteiger partial charge is 0.306 e. The number of pyridine rings is 1. The normalized spacial score (nSPS) is 13.4. The second-order valence-corrected chi connectivity index (χ2v) is 6.02. The van der Waals surface area contributed by atoms with Gasteiger partial charge in [-0.25, -0.2) is 0 Å². The lowest BCUT2D eigenvalue weighted by molar-refractivity contribution is -0.149. The molecule has 0 amide bonds. The largest absolute Gasteiger partial charge is 0.454 e. The minimum Gasteiger partial charge on any atom is -0.454 e. The van der Waals surface area contributed by atoms with Gasteiger partial charge in [-0.15, -0.1) is 0 Å². The fourth-order valence-electron chi connectivity index (χ4n) is 2.66. The lowest BCUT2D eigenvalue weighted by Crippen LogP contribution is -2.10. The van der Waals surface area contributed by atoms with Gasteiger partial charge in [0.2, 0.25) is 12.6 Å². The standard InChI is InChI=1S/C19H17N3O5/c1-12(19-21-18(22-27-19)14-3-2-8-20-10-14)26-17(23)7-5-13-4-6-15-16(9-13)25-11-24-15/h2-4,6,8-10,12H,5,7,11H2,1H3. The summed E-state index contributed by atoms with van der Waals surface area (Å²) in [5.41, 5.74) is 1.70. The summed E-state index contributed by atoms with van der Waals surface area (Å²) in [7, 11) is 0. The van der Waals surface area contributed by atoms with E-state index in [4.69, 9.17) is 18.7 Å². The van der Waals surface area contributed by atoms with Crippen LogP contribution in [0.4, 0.5) is 0 Å². The Hall–Kier alpha value is -3.42. The van der Waals surface area contributed by atoms with Crippen molar-refractivity contribution >= 4 is 5.97 Å². The molecule has 8 heteroatoms. The van der Waals surface area contributed by atoms with Gasteiger partial charge in [0.15, 0.2) is 17.6 Å². The van der Waals surface area contributed by atoms with Gasteiger partial charge in [-0.05, 0) is 43.2 Å². The van der Waals surface area contributed by atoms with Gasteiger partial charge >= 0.3 is 5.97 Å². The molecule has 1 aliphatic heterocycles. The van der Waals surface area contributed by atoms with E-state index in [1.807, 2.05) is 24.3 Å². The molecule has 1 atom stereocenters. The van der Waals surface area contributed by atoms with Gasteiger partial charge in [0.1, 0.15) is 0 Å².